The number of ether oxygens (including phenoxy) is 2. The Balaban J connectivity index is 2.14. The van der Waals surface area contributed by atoms with Crippen LogP contribution in [0.4, 0.5) is 4.39 Å². The highest BCUT2D eigenvalue weighted by molar-refractivity contribution is 5.91. The fourth-order valence-electron chi connectivity index (χ4n) is 3.27. The van der Waals surface area contributed by atoms with E-state index in [1.165, 1.54) is 38.3 Å². The van der Waals surface area contributed by atoms with Gasteiger partial charge in [0.15, 0.2) is 0 Å². The van der Waals surface area contributed by atoms with Crippen LogP contribution in [0.2, 0.25) is 0 Å². The van der Waals surface area contributed by atoms with Crippen molar-refractivity contribution in [3.05, 3.63) is 71.0 Å². The van der Waals surface area contributed by atoms with E-state index >= 15 is 0 Å². The first-order chi connectivity index (χ1) is 16.4. The van der Waals surface area contributed by atoms with Gasteiger partial charge < -0.3 is 20.1 Å². The summed E-state index contributed by atoms with van der Waals surface area (Å²) in [4.78, 5) is 49.2. The summed E-state index contributed by atoms with van der Waals surface area (Å²) >= 11 is 0. The normalized spacial score (nSPS) is 12.7. The Hall–Kier alpha value is -3.75. The Morgan fingerprint density at radius 2 is 1.37 bits per heavy atom. The topological polar surface area (TPSA) is 111 Å². The lowest BCUT2D eigenvalue weighted by Crippen LogP contribution is -2.53. The van der Waals surface area contributed by atoms with E-state index in [2.05, 4.69) is 10.6 Å². The smallest absolute Gasteiger partial charge is 0.338 e. The molecule has 0 saturated heterocycles. The lowest BCUT2D eigenvalue weighted by Gasteiger charge is -2.22. The second kappa shape index (κ2) is 12.1. The van der Waals surface area contributed by atoms with Gasteiger partial charge in [0.05, 0.1) is 12.7 Å². The van der Waals surface area contributed by atoms with E-state index in [9.17, 15) is 23.6 Å². The number of benzene rings is 2. The van der Waals surface area contributed by atoms with Gasteiger partial charge in [-0.15, -0.1) is 0 Å². The molecule has 2 atom stereocenters. The zero-order valence-corrected chi connectivity index (χ0v) is 20.5. The highest BCUT2D eigenvalue weighted by Gasteiger charge is 2.27. The third kappa shape index (κ3) is 9.19. The molecular weight excluding hydrogens is 455 g/mol. The zero-order chi connectivity index (χ0) is 26.2. The van der Waals surface area contributed by atoms with Gasteiger partial charge in [-0.05, 0) is 56.2 Å². The molecular formula is C26H31FN2O6. The number of methoxy groups -OCH3 is 1. The summed E-state index contributed by atoms with van der Waals surface area (Å²) in [5, 5.41) is 5.19. The molecule has 0 unspecified atom stereocenters. The fraction of sp³-hybridized carbons (Fsp3) is 0.385. The Bertz CT molecular complexity index is 1050. The van der Waals surface area contributed by atoms with Gasteiger partial charge in [0.1, 0.15) is 23.5 Å². The van der Waals surface area contributed by atoms with E-state index in [0.29, 0.717) is 16.7 Å². The largest absolute Gasteiger partial charge is 0.467 e. The van der Waals surface area contributed by atoms with E-state index in [4.69, 9.17) is 9.47 Å². The number of halogens is 1. The Kier molecular flexibility index (Phi) is 9.50. The van der Waals surface area contributed by atoms with Crippen LogP contribution < -0.4 is 10.6 Å². The highest BCUT2D eigenvalue weighted by Crippen LogP contribution is 2.14. The van der Waals surface area contributed by atoms with Crippen LogP contribution in [0, 0.1) is 5.82 Å². The molecule has 0 bridgehead atoms. The van der Waals surface area contributed by atoms with E-state index in [0.717, 1.165) is 0 Å². The molecule has 0 aromatic heterocycles. The Labute approximate surface area is 204 Å². The second-order valence-electron chi connectivity index (χ2n) is 9.07. The first kappa shape index (κ1) is 27.5. The molecule has 0 aliphatic rings. The molecule has 0 saturated carbocycles. The van der Waals surface area contributed by atoms with Crippen LogP contribution >= 0.6 is 0 Å². The van der Waals surface area contributed by atoms with Crippen molar-refractivity contribution in [2.24, 2.45) is 0 Å². The minimum absolute atomic E-state index is 0.0936. The van der Waals surface area contributed by atoms with Crippen molar-refractivity contribution < 1.29 is 33.0 Å². The fourth-order valence-corrected chi connectivity index (χ4v) is 3.27. The molecule has 2 amide bonds. The van der Waals surface area contributed by atoms with Gasteiger partial charge in [0, 0.05) is 19.8 Å². The molecule has 8 nitrogen and oxygen atoms in total. The van der Waals surface area contributed by atoms with E-state index < -0.39 is 47.3 Å². The number of hydrogen-bond donors (Lipinski definition) is 2. The second-order valence-corrected chi connectivity index (χ2v) is 9.07. The number of carbonyl (C=O) groups is 4. The third-order valence-electron chi connectivity index (χ3n) is 4.88. The minimum Gasteiger partial charge on any atom is -0.467 e. The van der Waals surface area contributed by atoms with Crippen LogP contribution in [0.3, 0.4) is 0 Å². The van der Waals surface area contributed by atoms with Crippen LogP contribution in [0.15, 0.2) is 48.5 Å². The predicted molar refractivity (Wildman–Crippen MR) is 127 cm³/mol. The minimum atomic E-state index is -1.04. The molecule has 0 spiro atoms. The molecule has 9 heteroatoms. The maximum Gasteiger partial charge on any atom is 0.338 e. The molecule has 0 fully saturated rings. The molecule has 0 aliphatic carbocycles. The summed E-state index contributed by atoms with van der Waals surface area (Å²) in [7, 11) is 1.21. The van der Waals surface area contributed by atoms with Crippen LogP contribution in [0.5, 0.6) is 0 Å². The molecule has 0 radical (unpaired) electrons. The Morgan fingerprint density at radius 3 is 1.86 bits per heavy atom. The predicted octanol–water partition coefficient (Wildman–Crippen LogP) is 2.73. The molecule has 0 heterocycles. The molecule has 188 valence electrons. The number of hydrogen-bond acceptors (Lipinski definition) is 6. The summed E-state index contributed by atoms with van der Waals surface area (Å²) < 4.78 is 23.4. The maximum absolute atomic E-state index is 13.2. The van der Waals surface area contributed by atoms with Crippen molar-refractivity contribution in [3.8, 4) is 0 Å². The number of rotatable bonds is 9. The van der Waals surface area contributed by atoms with Crippen molar-refractivity contribution in [1.29, 1.82) is 0 Å². The average Bonchev–Trinajstić information content (AvgIpc) is 2.78. The van der Waals surface area contributed by atoms with Gasteiger partial charge in [-0.1, -0.05) is 24.3 Å². The van der Waals surface area contributed by atoms with E-state index in [1.807, 2.05) is 0 Å². The highest BCUT2D eigenvalue weighted by atomic mass is 19.1. The summed E-state index contributed by atoms with van der Waals surface area (Å²) in [6.07, 6.45) is 0.195. The molecule has 0 aliphatic heterocycles. The summed E-state index contributed by atoms with van der Waals surface area (Å²) in [6, 6.07) is 10.00. The van der Waals surface area contributed by atoms with E-state index in [-0.39, 0.29) is 12.8 Å². The first-order valence-electron chi connectivity index (χ1n) is 11.1. The van der Waals surface area contributed by atoms with E-state index in [1.54, 1.807) is 45.0 Å². The molecule has 2 rings (SSSR count). The standard InChI is InChI=1S/C26H31FN2O6/c1-16(30)28-21(14-18-8-12-20(27)13-9-18)23(31)29-22(25(33)34-5)15-17-6-10-19(11-7-17)24(32)35-26(2,3)4/h6-13,21-22H,14-15H2,1-5H3,(H,28,30)(H,29,31)/t21-,22+/m0/s1. The zero-order valence-electron chi connectivity index (χ0n) is 20.5. The molecule has 2 aromatic rings. The van der Waals surface area contributed by atoms with Gasteiger partial charge in [-0.2, -0.15) is 0 Å². The van der Waals surface area contributed by atoms with Crippen molar-refractivity contribution in [2.45, 2.75) is 58.2 Å². The van der Waals surface area contributed by atoms with Crippen molar-refractivity contribution in [1.82, 2.24) is 10.6 Å². The van der Waals surface area contributed by atoms with Crippen LogP contribution in [-0.4, -0.2) is 48.5 Å². The van der Waals surface area contributed by atoms with Crippen LogP contribution in [-0.2, 0) is 36.7 Å². The summed E-state index contributed by atoms with van der Waals surface area (Å²) in [6.45, 7) is 6.59. The quantitative estimate of drug-likeness (QED) is 0.528. The monoisotopic (exact) mass is 486 g/mol. The van der Waals surface area contributed by atoms with Crippen LogP contribution in [0.25, 0.3) is 0 Å². The van der Waals surface area contributed by atoms with Crippen molar-refractivity contribution in [3.63, 3.8) is 0 Å². The van der Waals surface area contributed by atoms with Gasteiger partial charge >= 0.3 is 11.9 Å². The van der Waals surface area contributed by atoms with Gasteiger partial charge in [-0.25, -0.2) is 14.0 Å². The maximum atomic E-state index is 13.2. The van der Waals surface area contributed by atoms with Crippen molar-refractivity contribution >= 4 is 23.8 Å². The number of amides is 2. The van der Waals surface area contributed by atoms with Gasteiger partial charge in [0.25, 0.3) is 0 Å². The third-order valence-corrected chi connectivity index (χ3v) is 4.88. The molecule has 35 heavy (non-hydrogen) atoms. The van der Waals surface area contributed by atoms with Gasteiger partial charge in [-0.3, -0.25) is 9.59 Å². The summed E-state index contributed by atoms with van der Waals surface area (Å²) in [5.74, 6) is -2.58. The number of carbonyl (C=O) groups excluding carboxylic acids is 4. The SMILES string of the molecule is COC(=O)[C@@H](Cc1ccc(C(=O)OC(C)(C)C)cc1)NC(=O)[C@H](Cc1ccc(F)cc1)NC(C)=O. The first-order valence-corrected chi connectivity index (χ1v) is 11.1. The number of nitrogens with one attached hydrogen (secondary N) is 2. The molecule has 2 aromatic carbocycles. The molecule has 2 N–H and O–H groups in total. The average molecular weight is 487 g/mol. The van der Waals surface area contributed by atoms with Crippen molar-refractivity contribution in [2.75, 3.05) is 7.11 Å². The number of esters is 2. The lowest BCUT2D eigenvalue weighted by molar-refractivity contribution is -0.145. The van der Waals surface area contributed by atoms with Crippen LogP contribution in [0.1, 0.15) is 49.2 Å². The summed E-state index contributed by atoms with van der Waals surface area (Å²) in [5.41, 5.74) is 1.02. The lowest BCUT2D eigenvalue weighted by atomic mass is 10.0. The Morgan fingerprint density at radius 1 is 0.857 bits per heavy atom. The van der Waals surface area contributed by atoms with Gasteiger partial charge in [0.2, 0.25) is 11.8 Å².